The molecule has 3 aliphatic heterocycles. The number of ether oxygens (including phenoxy) is 3. The third kappa shape index (κ3) is 6.09. The van der Waals surface area contributed by atoms with E-state index >= 15 is 0 Å². The van der Waals surface area contributed by atoms with Crippen molar-refractivity contribution in [2.45, 2.75) is 103 Å². The highest BCUT2D eigenvalue weighted by molar-refractivity contribution is 5.78. The molecule has 0 bridgehead atoms. The summed E-state index contributed by atoms with van der Waals surface area (Å²) >= 11 is 0. The SMILES string of the molecule is CCc1cnn2c(NCc3nc4ccc(O)cc4n3C3CCCCO3)cc(N3CCCC[C@H]3CCOC3CCCCO3)nc12. The lowest BCUT2D eigenvalue weighted by Gasteiger charge is -2.37. The average molecular weight is 604 g/mol. The number of hydrogen-bond acceptors (Lipinski definition) is 9. The third-order valence-electron chi connectivity index (χ3n) is 9.34. The topological polar surface area (TPSA) is 111 Å². The maximum Gasteiger partial charge on any atom is 0.162 e. The van der Waals surface area contributed by atoms with Crippen LogP contribution in [0.25, 0.3) is 16.7 Å². The minimum absolute atomic E-state index is 0.0582. The Bertz CT molecular complexity index is 1560. The molecule has 11 heteroatoms. The number of benzene rings is 1. The van der Waals surface area contributed by atoms with Crippen molar-refractivity contribution in [2.75, 3.05) is 36.6 Å². The van der Waals surface area contributed by atoms with Gasteiger partial charge in [-0.15, -0.1) is 0 Å². The van der Waals surface area contributed by atoms with E-state index in [1.807, 2.05) is 16.8 Å². The van der Waals surface area contributed by atoms with E-state index in [9.17, 15) is 5.11 Å². The Morgan fingerprint density at radius 1 is 1.00 bits per heavy atom. The lowest BCUT2D eigenvalue weighted by atomic mass is 9.99. The molecule has 6 heterocycles. The van der Waals surface area contributed by atoms with Gasteiger partial charge >= 0.3 is 0 Å². The van der Waals surface area contributed by atoms with Gasteiger partial charge in [-0.2, -0.15) is 9.61 Å². The molecule has 0 saturated carbocycles. The highest BCUT2D eigenvalue weighted by atomic mass is 16.7. The fourth-order valence-corrected chi connectivity index (χ4v) is 6.97. The van der Waals surface area contributed by atoms with Crippen LogP contribution in [0.5, 0.6) is 5.75 Å². The normalized spacial score (nSPS) is 23.0. The van der Waals surface area contributed by atoms with E-state index in [1.165, 1.54) is 12.8 Å². The first kappa shape index (κ1) is 29.3. The van der Waals surface area contributed by atoms with E-state index in [2.05, 4.69) is 27.8 Å². The summed E-state index contributed by atoms with van der Waals surface area (Å²) in [4.78, 5) is 12.6. The van der Waals surface area contributed by atoms with Crippen LogP contribution in [-0.2, 0) is 27.2 Å². The number of phenolic OH excluding ortho intramolecular Hbond substituents is 1. The second-order valence-corrected chi connectivity index (χ2v) is 12.3. The number of piperidine rings is 1. The van der Waals surface area contributed by atoms with Crippen LogP contribution in [0, 0.1) is 0 Å². The summed E-state index contributed by atoms with van der Waals surface area (Å²) < 4.78 is 22.2. The number of nitrogens with zero attached hydrogens (tertiary/aromatic N) is 6. The molecule has 2 unspecified atom stereocenters. The highest BCUT2D eigenvalue weighted by Gasteiger charge is 2.27. The van der Waals surface area contributed by atoms with Crippen LogP contribution in [0.1, 0.15) is 88.7 Å². The number of hydrogen-bond donors (Lipinski definition) is 2. The Hall–Kier alpha value is -3.41. The number of aromatic hydroxyl groups is 1. The quantitative estimate of drug-likeness (QED) is 0.227. The van der Waals surface area contributed by atoms with E-state index in [0.29, 0.717) is 19.2 Å². The fourth-order valence-electron chi connectivity index (χ4n) is 6.97. The standard InChI is InChI=1S/C33H45N7O4/c1-2-23-21-35-40-28(34-22-30-36-26-13-12-25(41)19-27(26)39(30)31-10-4-7-16-42-31)20-29(37-33(23)40)38-15-6-3-9-24(38)14-18-44-32-11-5-8-17-43-32/h12-13,19-21,24,31-32,34,41H,2-11,14-18,22H2,1H3/t24-,31?,32?/m0/s1. The summed E-state index contributed by atoms with van der Waals surface area (Å²) in [6.45, 7) is 5.83. The van der Waals surface area contributed by atoms with E-state index in [-0.39, 0.29) is 18.3 Å². The first-order chi connectivity index (χ1) is 21.7. The van der Waals surface area contributed by atoms with Gasteiger partial charge in [0.2, 0.25) is 0 Å². The smallest absolute Gasteiger partial charge is 0.162 e. The predicted octanol–water partition coefficient (Wildman–Crippen LogP) is 5.95. The third-order valence-corrected chi connectivity index (χ3v) is 9.34. The Morgan fingerprint density at radius 2 is 1.86 bits per heavy atom. The second kappa shape index (κ2) is 13.3. The molecule has 2 N–H and O–H groups in total. The molecule has 7 rings (SSSR count). The van der Waals surface area contributed by atoms with Gasteiger partial charge in [-0.05, 0) is 82.8 Å². The Morgan fingerprint density at radius 3 is 2.68 bits per heavy atom. The molecule has 0 aliphatic carbocycles. The zero-order valence-electron chi connectivity index (χ0n) is 25.8. The fraction of sp³-hybridized carbons (Fsp3) is 0.606. The molecule has 11 nitrogen and oxygen atoms in total. The maximum atomic E-state index is 10.3. The van der Waals surface area contributed by atoms with Crippen LogP contribution < -0.4 is 10.2 Å². The van der Waals surface area contributed by atoms with Crippen LogP contribution in [-0.4, -0.2) is 68.0 Å². The van der Waals surface area contributed by atoms with Crippen molar-refractivity contribution < 1.29 is 19.3 Å². The number of phenols is 1. The van der Waals surface area contributed by atoms with Gasteiger partial charge in [-0.25, -0.2) is 9.97 Å². The van der Waals surface area contributed by atoms with E-state index in [1.54, 1.807) is 12.1 Å². The van der Waals surface area contributed by atoms with Gasteiger partial charge in [-0.3, -0.25) is 4.57 Å². The van der Waals surface area contributed by atoms with Gasteiger partial charge in [0.05, 0.1) is 30.4 Å². The predicted molar refractivity (Wildman–Crippen MR) is 169 cm³/mol. The lowest BCUT2D eigenvalue weighted by Crippen LogP contribution is -2.41. The highest BCUT2D eigenvalue weighted by Crippen LogP contribution is 2.32. The minimum Gasteiger partial charge on any atom is -0.508 e. The summed E-state index contributed by atoms with van der Waals surface area (Å²) in [6, 6.07) is 7.85. The van der Waals surface area contributed by atoms with Gasteiger partial charge in [-0.1, -0.05) is 6.92 Å². The monoisotopic (exact) mass is 603 g/mol. The van der Waals surface area contributed by atoms with Crippen molar-refractivity contribution in [1.82, 2.24) is 24.1 Å². The molecule has 3 saturated heterocycles. The molecule has 1 aromatic carbocycles. The Kier molecular flexibility index (Phi) is 8.86. The van der Waals surface area contributed by atoms with Crippen molar-refractivity contribution in [2.24, 2.45) is 0 Å². The number of fused-ring (bicyclic) bond motifs is 2. The second-order valence-electron chi connectivity index (χ2n) is 12.3. The van der Waals surface area contributed by atoms with E-state index < -0.39 is 0 Å². The number of nitrogens with one attached hydrogen (secondary N) is 1. The van der Waals surface area contributed by atoms with Crippen molar-refractivity contribution in [3.05, 3.63) is 41.9 Å². The average Bonchev–Trinajstić information content (AvgIpc) is 3.65. The molecule has 3 aromatic heterocycles. The zero-order chi connectivity index (χ0) is 29.9. The molecule has 0 amide bonds. The molecule has 0 radical (unpaired) electrons. The number of imidazole rings is 1. The van der Waals surface area contributed by atoms with Crippen LogP contribution in [0.2, 0.25) is 0 Å². The van der Waals surface area contributed by atoms with Crippen LogP contribution in [0.3, 0.4) is 0 Å². The van der Waals surface area contributed by atoms with Crippen molar-refractivity contribution in [1.29, 1.82) is 0 Å². The summed E-state index contributed by atoms with van der Waals surface area (Å²) in [6.07, 6.45) is 13.5. The largest absolute Gasteiger partial charge is 0.508 e. The summed E-state index contributed by atoms with van der Waals surface area (Å²) in [7, 11) is 0. The van der Waals surface area contributed by atoms with Gasteiger partial charge in [0.25, 0.3) is 0 Å². The number of rotatable bonds is 10. The molecule has 44 heavy (non-hydrogen) atoms. The maximum absolute atomic E-state index is 10.3. The number of aromatic nitrogens is 5. The zero-order valence-corrected chi connectivity index (χ0v) is 25.8. The first-order valence-electron chi connectivity index (χ1n) is 16.6. The van der Waals surface area contributed by atoms with E-state index in [4.69, 9.17) is 29.3 Å². The first-order valence-corrected chi connectivity index (χ1v) is 16.6. The van der Waals surface area contributed by atoms with Gasteiger partial charge in [0, 0.05) is 43.5 Å². The summed E-state index contributed by atoms with van der Waals surface area (Å²) in [5, 5.41) is 18.7. The van der Waals surface area contributed by atoms with Gasteiger partial charge in [0.15, 0.2) is 11.9 Å². The van der Waals surface area contributed by atoms with Crippen molar-refractivity contribution in [3.63, 3.8) is 0 Å². The van der Waals surface area contributed by atoms with Crippen LogP contribution in [0.4, 0.5) is 11.6 Å². The summed E-state index contributed by atoms with van der Waals surface area (Å²) in [5.74, 6) is 2.95. The molecular formula is C33H45N7O4. The van der Waals surface area contributed by atoms with Gasteiger partial charge in [0.1, 0.15) is 29.4 Å². The van der Waals surface area contributed by atoms with Crippen molar-refractivity contribution in [3.8, 4) is 5.75 Å². The Labute approximate surface area is 258 Å². The van der Waals surface area contributed by atoms with Crippen LogP contribution >= 0.6 is 0 Å². The summed E-state index contributed by atoms with van der Waals surface area (Å²) in [5.41, 5.74) is 3.75. The molecule has 4 aromatic rings. The number of anilines is 2. The molecule has 3 aliphatic rings. The van der Waals surface area contributed by atoms with E-state index in [0.717, 1.165) is 117 Å². The van der Waals surface area contributed by atoms with Gasteiger partial charge < -0.3 is 29.5 Å². The molecule has 3 atom stereocenters. The Balaban J connectivity index is 1.16. The van der Waals surface area contributed by atoms with Crippen LogP contribution in [0.15, 0.2) is 30.5 Å². The molecule has 236 valence electrons. The number of aryl methyl sites for hydroxylation is 1. The minimum atomic E-state index is -0.105. The molecular weight excluding hydrogens is 558 g/mol. The van der Waals surface area contributed by atoms with Crippen molar-refractivity contribution >= 4 is 28.3 Å². The molecule has 3 fully saturated rings. The molecule has 0 spiro atoms. The lowest BCUT2D eigenvalue weighted by molar-refractivity contribution is -0.163.